The zero-order chi connectivity index (χ0) is 17.5. The molecule has 3 aromatic rings. The Balaban J connectivity index is 1.39. The summed E-state index contributed by atoms with van der Waals surface area (Å²) in [6.07, 6.45) is 2.31. The minimum atomic E-state index is 0.0891. The summed E-state index contributed by atoms with van der Waals surface area (Å²) in [6, 6.07) is 13.9. The molecule has 26 heavy (non-hydrogen) atoms. The molecule has 1 amide bonds. The van der Waals surface area contributed by atoms with Gasteiger partial charge in [-0.25, -0.2) is 0 Å². The summed E-state index contributed by atoms with van der Waals surface area (Å²) in [5, 5.41) is 8.32. The molecule has 1 fully saturated rings. The number of carbonyl (C=O) groups excluding carboxylic acids is 1. The number of ether oxygens (including phenoxy) is 2. The van der Waals surface area contributed by atoms with E-state index < -0.39 is 0 Å². The summed E-state index contributed by atoms with van der Waals surface area (Å²) in [5.41, 5.74) is 2.88. The lowest BCUT2D eigenvalue weighted by Crippen LogP contribution is -2.32. The highest BCUT2D eigenvalue weighted by atomic mass is 16.7. The van der Waals surface area contributed by atoms with Crippen LogP contribution in [0.5, 0.6) is 11.5 Å². The number of likely N-dealkylation sites (tertiary alicyclic amines) is 1. The van der Waals surface area contributed by atoms with Gasteiger partial charge in [-0.2, -0.15) is 5.10 Å². The second-order valence-corrected chi connectivity index (χ2v) is 6.75. The van der Waals surface area contributed by atoms with Crippen molar-refractivity contribution in [3.63, 3.8) is 0 Å². The maximum absolute atomic E-state index is 13.0. The zero-order valence-corrected chi connectivity index (χ0v) is 14.3. The number of rotatable bonds is 3. The van der Waals surface area contributed by atoms with Crippen molar-refractivity contribution in [1.82, 2.24) is 15.1 Å². The van der Waals surface area contributed by atoms with Crippen LogP contribution in [0.2, 0.25) is 0 Å². The van der Waals surface area contributed by atoms with Gasteiger partial charge in [-0.15, -0.1) is 0 Å². The smallest absolute Gasteiger partial charge is 0.231 e. The van der Waals surface area contributed by atoms with E-state index >= 15 is 0 Å². The molecule has 1 N–H and O–H groups in total. The Morgan fingerprint density at radius 3 is 3.04 bits per heavy atom. The molecule has 1 atom stereocenters. The van der Waals surface area contributed by atoms with Crippen LogP contribution in [0.15, 0.2) is 42.5 Å². The molecule has 0 spiro atoms. The van der Waals surface area contributed by atoms with E-state index in [-0.39, 0.29) is 18.7 Å². The van der Waals surface area contributed by atoms with Gasteiger partial charge in [0.25, 0.3) is 0 Å². The normalized spacial score (nSPS) is 18.6. The molecule has 2 aliphatic rings. The van der Waals surface area contributed by atoms with E-state index in [0.29, 0.717) is 6.42 Å². The van der Waals surface area contributed by atoms with Gasteiger partial charge in [-0.1, -0.05) is 24.3 Å². The van der Waals surface area contributed by atoms with E-state index in [1.165, 1.54) is 0 Å². The standard InChI is InChI=1S/C20H19N3O3/c24-20(11-16-14-4-1-2-5-15(14)21-22-16)23-9-3-6-17(23)13-7-8-18-19(10-13)26-12-25-18/h1-2,4-5,7-8,10,17H,3,6,9,11-12H2,(H,21,22)/t17-/m1/s1. The fourth-order valence-corrected chi connectivity index (χ4v) is 3.93. The van der Waals surface area contributed by atoms with E-state index in [1.54, 1.807) is 0 Å². The summed E-state index contributed by atoms with van der Waals surface area (Å²) >= 11 is 0. The Morgan fingerprint density at radius 1 is 1.19 bits per heavy atom. The van der Waals surface area contributed by atoms with E-state index in [9.17, 15) is 4.79 Å². The first-order chi connectivity index (χ1) is 12.8. The molecule has 0 aliphatic carbocycles. The molecule has 0 radical (unpaired) electrons. The molecule has 132 valence electrons. The predicted octanol–water partition coefficient (Wildman–Crippen LogP) is 3.20. The number of carbonyl (C=O) groups is 1. The number of nitrogens with one attached hydrogen (secondary N) is 1. The summed E-state index contributed by atoms with van der Waals surface area (Å²) in [7, 11) is 0. The average molecular weight is 349 g/mol. The number of H-pyrrole nitrogens is 1. The Kier molecular flexibility index (Phi) is 3.55. The molecule has 6 heteroatoms. The number of aromatic nitrogens is 2. The van der Waals surface area contributed by atoms with Gasteiger partial charge in [0.2, 0.25) is 12.7 Å². The molecule has 1 aromatic heterocycles. The Hall–Kier alpha value is -3.02. The SMILES string of the molecule is O=C(Cc1[nH]nc2ccccc12)N1CCC[C@@H]1c1ccc2c(c1)OCO2. The maximum Gasteiger partial charge on any atom is 0.231 e. The largest absolute Gasteiger partial charge is 0.454 e. The molecule has 1 saturated heterocycles. The lowest BCUT2D eigenvalue weighted by atomic mass is 10.0. The summed E-state index contributed by atoms with van der Waals surface area (Å²) < 4.78 is 10.9. The van der Waals surface area contributed by atoms with Crippen LogP contribution in [-0.2, 0) is 11.2 Å². The minimum Gasteiger partial charge on any atom is -0.454 e. The van der Waals surface area contributed by atoms with Crippen LogP contribution in [0.1, 0.15) is 30.1 Å². The lowest BCUT2D eigenvalue weighted by Gasteiger charge is -2.25. The van der Waals surface area contributed by atoms with Gasteiger partial charge in [0.1, 0.15) is 0 Å². The van der Waals surface area contributed by atoms with Gasteiger partial charge < -0.3 is 14.4 Å². The van der Waals surface area contributed by atoms with Crippen molar-refractivity contribution in [2.75, 3.05) is 13.3 Å². The second kappa shape index (κ2) is 6.05. The van der Waals surface area contributed by atoms with Crippen molar-refractivity contribution < 1.29 is 14.3 Å². The van der Waals surface area contributed by atoms with E-state index in [1.807, 2.05) is 47.4 Å². The van der Waals surface area contributed by atoms with Crippen molar-refractivity contribution in [2.45, 2.75) is 25.3 Å². The Bertz CT molecular complexity index is 981. The van der Waals surface area contributed by atoms with Crippen molar-refractivity contribution in [1.29, 1.82) is 0 Å². The molecule has 3 heterocycles. The van der Waals surface area contributed by atoms with Crippen molar-refractivity contribution >= 4 is 16.8 Å². The molecule has 5 rings (SSSR count). The third-order valence-electron chi connectivity index (χ3n) is 5.22. The third-order valence-corrected chi connectivity index (χ3v) is 5.22. The van der Waals surface area contributed by atoms with E-state index in [0.717, 1.165) is 53.0 Å². The van der Waals surface area contributed by atoms with Gasteiger partial charge >= 0.3 is 0 Å². The Labute approximate surface area is 150 Å². The van der Waals surface area contributed by atoms with Gasteiger partial charge in [-0.05, 0) is 36.6 Å². The second-order valence-electron chi connectivity index (χ2n) is 6.75. The first-order valence-corrected chi connectivity index (χ1v) is 8.90. The molecule has 2 aliphatic heterocycles. The highest BCUT2D eigenvalue weighted by Gasteiger charge is 2.31. The number of aromatic amines is 1. The van der Waals surface area contributed by atoms with Crippen LogP contribution in [0.25, 0.3) is 10.9 Å². The predicted molar refractivity (Wildman–Crippen MR) is 96.1 cm³/mol. The molecule has 0 unspecified atom stereocenters. The zero-order valence-electron chi connectivity index (χ0n) is 14.3. The van der Waals surface area contributed by atoms with Gasteiger partial charge in [-0.3, -0.25) is 9.89 Å². The van der Waals surface area contributed by atoms with Crippen LogP contribution >= 0.6 is 0 Å². The quantitative estimate of drug-likeness (QED) is 0.788. The van der Waals surface area contributed by atoms with E-state index in [2.05, 4.69) is 10.2 Å². The maximum atomic E-state index is 13.0. The first kappa shape index (κ1) is 15.3. The molecular weight excluding hydrogens is 330 g/mol. The fraction of sp³-hybridized carbons (Fsp3) is 0.300. The number of amides is 1. The molecule has 0 saturated carbocycles. The third kappa shape index (κ3) is 2.49. The van der Waals surface area contributed by atoms with E-state index in [4.69, 9.17) is 9.47 Å². The van der Waals surface area contributed by atoms with Crippen LogP contribution < -0.4 is 9.47 Å². The van der Waals surface area contributed by atoms with Gasteiger partial charge in [0, 0.05) is 11.9 Å². The number of benzene rings is 2. The topological polar surface area (TPSA) is 67.5 Å². The number of para-hydroxylation sites is 1. The van der Waals surface area contributed by atoms with Crippen molar-refractivity contribution in [2.24, 2.45) is 0 Å². The number of hydrogen-bond acceptors (Lipinski definition) is 4. The molecule has 2 aromatic carbocycles. The van der Waals surface area contributed by atoms with Crippen LogP contribution in [0.4, 0.5) is 0 Å². The van der Waals surface area contributed by atoms with Gasteiger partial charge in [0.05, 0.1) is 23.7 Å². The molecule has 0 bridgehead atoms. The fourth-order valence-electron chi connectivity index (χ4n) is 3.93. The van der Waals surface area contributed by atoms with Crippen molar-refractivity contribution in [3.05, 3.63) is 53.7 Å². The number of fused-ring (bicyclic) bond motifs is 2. The number of hydrogen-bond donors (Lipinski definition) is 1. The summed E-state index contributed by atoms with van der Waals surface area (Å²) in [6.45, 7) is 1.04. The highest BCUT2D eigenvalue weighted by molar-refractivity contribution is 5.87. The minimum absolute atomic E-state index is 0.0891. The first-order valence-electron chi connectivity index (χ1n) is 8.90. The van der Waals surface area contributed by atoms with Crippen molar-refractivity contribution in [3.8, 4) is 11.5 Å². The summed E-state index contributed by atoms with van der Waals surface area (Å²) in [4.78, 5) is 15.0. The molecule has 6 nitrogen and oxygen atoms in total. The number of nitrogens with zero attached hydrogens (tertiary/aromatic N) is 2. The van der Waals surface area contributed by atoms with Crippen LogP contribution in [0, 0.1) is 0 Å². The van der Waals surface area contributed by atoms with Crippen LogP contribution in [-0.4, -0.2) is 34.3 Å². The van der Waals surface area contributed by atoms with Crippen LogP contribution in [0.3, 0.4) is 0 Å². The summed E-state index contributed by atoms with van der Waals surface area (Å²) in [5.74, 6) is 1.66. The lowest BCUT2D eigenvalue weighted by molar-refractivity contribution is -0.131. The highest BCUT2D eigenvalue weighted by Crippen LogP contribution is 2.39. The molecular formula is C20H19N3O3. The Morgan fingerprint density at radius 2 is 2.08 bits per heavy atom. The monoisotopic (exact) mass is 349 g/mol. The van der Waals surface area contributed by atoms with Gasteiger partial charge in [0.15, 0.2) is 11.5 Å². The average Bonchev–Trinajstić information content (AvgIpc) is 3.40.